The van der Waals surface area contributed by atoms with E-state index < -0.39 is 0 Å². The Morgan fingerprint density at radius 3 is 2.50 bits per heavy atom. The lowest BCUT2D eigenvalue weighted by atomic mass is 10.0. The summed E-state index contributed by atoms with van der Waals surface area (Å²) < 4.78 is 10.4. The minimum Gasteiger partial charge on any atom is -0.455 e. The van der Waals surface area contributed by atoms with Crippen LogP contribution in [0.15, 0.2) is 12.2 Å². The lowest BCUT2D eigenvalue weighted by Crippen LogP contribution is -2.33. The molecule has 3 nitrogen and oxygen atoms in total. The molecule has 0 spiro atoms. The van der Waals surface area contributed by atoms with Gasteiger partial charge in [0.05, 0.1) is 12.7 Å². The molecule has 2 fully saturated rings. The Kier molecular flexibility index (Phi) is 7.90. The molecule has 16 heavy (non-hydrogen) atoms. The highest BCUT2D eigenvalue weighted by Gasteiger charge is 2.38. The Balaban J connectivity index is 0.000000394. The standard InChI is InChI=1S/C8H10O3.C3H8.C2H6/c1-5-4-10-6-2-3-7(9)11-8(5)6;1-3-2;1-2/h6,8H,1-4H2;3H2,1-2H3;1-2H3/t6-,8-;;/m0../s1. The first-order chi connectivity index (χ1) is 7.69. The van der Waals surface area contributed by atoms with Crippen LogP contribution in [0.5, 0.6) is 0 Å². The number of ether oxygens (including phenoxy) is 2. The minimum absolute atomic E-state index is 0.0835. The summed E-state index contributed by atoms with van der Waals surface area (Å²) in [6.07, 6.45) is 2.44. The first kappa shape index (κ1) is 15.2. The number of carbonyl (C=O) groups excluding carboxylic acids is 1. The monoisotopic (exact) mass is 228 g/mol. The highest BCUT2D eigenvalue weighted by Crippen LogP contribution is 2.28. The van der Waals surface area contributed by atoms with Crippen molar-refractivity contribution in [1.29, 1.82) is 0 Å². The number of carbonyl (C=O) groups is 1. The molecule has 0 amide bonds. The average molecular weight is 228 g/mol. The van der Waals surface area contributed by atoms with Gasteiger partial charge in [-0.25, -0.2) is 0 Å². The second-order valence-electron chi connectivity index (χ2n) is 3.66. The van der Waals surface area contributed by atoms with Crippen LogP contribution in [-0.2, 0) is 14.3 Å². The second-order valence-corrected chi connectivity index (χ2v) is 3.66. The molecule has 0 aromatic heterocycles. The molecule has 2 atom stereocenters. The van der Waals surface area contributed by atoms with Gasteiger partial charge in [-0.1, -0.05) is 40.7 Å². The number of rotatable bonds is 0. The zero-order valence-corrected chi connectivity index (χ0v) is 10.9. The molecule has 0 saturated carbocycles. The number of hydrogen-bond donors (Lipinski definition) is 0. The van der Waals surface area contributed by atoms with E-state index in [1.54, 1.807) is 0 Å². The lowest BCUT2D eigenvalue weighted by Gasteiger charge is -2.23. The van der Waals surface area contributed by atoms with Crippen LogP contribution in [0.25, 0.3) is 0 Å². The summed E-state index contributed by atoms with van der Waals surface area (Å²) in [5.41, 5.74) is 0.892. The van der Waals surface area contributed by atoms with Crippen LogP contribution in [0, 0.1) is 0 Å². The van der Waals surface area contributed by atoms with E-state index in [-0.39, 0.29) is 18.2 Å². The van der Waals surface area contributed by atoms with Crippen molar-refractivity contribution in [3.05, 3.63) is 12.2 Å². The first-order valence-electron chi connectivity index (χ1n) is 6.17. The quantitative estimate of drug-likeness (QED) is 0.472. The van der Waals surface area contributed by atoms with Gasteiger partial charge in [0.1, 0.15) is 0 Å². The molecule has 0 aliphatic carbocycles. The largest absolute Gasteiger partial charge is 0.455 e. The van der Waals surface area contributed by atoms with Crippen molar-refractivity contribution >= 4 is 5.97 Å². The minimum atomic E-state index is -0.156. The highest BCUT2D eigenvalue weighted by atomic mass is 16.6. The van der Waals surface area contributed by atoms with Crippen LogP contribution >= 0.6 is 0 Å². The molecule has 2 saturated heterocycles. The normalized spacial score (nSPS) is 26.8. The van der Waals surface area contributed by atoms with E-state index in [4.69, 9.17) is 9.47 Å². The van der Waals surface area contributed by atoms with Gasteiger partial charge < -0.3 is 9.47 Å². The lowest BCUT2D eigenvalue weighted by molar-refractivity contribution is -0.157. The Labute approximate surface area is 98.8 Å². The third-order valence-corrected chi connectivity index (χ3v) is 2.11. The van der Waals surface area contributed by atoms with Crippen molar-refractivity contribution in [2.75, 3.05) is 6.61 Å². The summed E-state index contributed by atoms with van der Waals surface area (Å²) in [6, 6.07) is 0. The fourth-order valence-corrected chi connectivity index (χ4v) is 1.50. The van der Waals surface area contributed by atoms with Gasteiger partial charge >= 0.3 is 5.97 Å². The van der Waals surface area contributed by atoms with Crippen LogP contribution in [0.3, 0.4) is 0 Å². The van der Waals surface area contributed by atoms with E-state index in [1.807, 2.05) is 13.8 Å². The number of esters is 1. The molecule has 0 bridgehead atoms. The maximum absolute atomic E-state index is 10.8. The van der Waals surface area contributed by atoms with Gasteiger partial charge in [-0.2, -0.15) is 0 Å². The van der Waals surface area contributed by atoms with Crippen molar-refractivity contribution in [3.63, 3.8) is 0 Å². The highest BCUT2D eigenvalue weighted by molar-refractivity contribution is 5.71. The predicted molar refractivity (Wildman–Crippen MR) is 65.3 cm³/mol. The number of hydrogen-bond acceptors (Lipinski definition) is 3. The Morgan fingerprint density at radius 1 is 1.38 bits per heavy atom. The van der Waals surface area contributed by atoms with E-state index in [1.165, 1.54) is 6.42 Å². The van der Waals surface area contributed by atoms with Crippen molar-refractivity contribution in [1.82, 2.24) is 0 Å². The summed E-state index contributed by atoms with van der Waals surface area (Å²) in [6.45, 7) is 12.6. The molecular weight excluding hydrogens is 204 g/mol. The molecule has 0 aromatic rings. The Hall–Kier alpha value is -0.830. The molecule has 0 radical (unpaired) electrons. The predicted octanol–water partition coefficient (Wildman–Crippen LogP) is 3.09. The van der Waals surface area contributed by atoms with Gasteiger partial charge in [0.2, 0.25) is 0 Å². The first-order valence-corrected chi connectivity index (χ1v) is 6.17. The third-order valence-electron chi connectivity index (χ3n) is 2.11. The Morgan fingerprint density at radius 2 is 1.94 bits per heavy atom. The third kappa shape index (κ3) is 4.35. The summed E-state index contributed by atoms with van der Waals surface area (Å²) >= 11 is 0. The van der Waals surface area contributed by atoms with E-state index in [0.29, 0.717) is 13.0 Å². The summed E-state index contributed by atoms with van der Waals surface area (Å²) in [5.74, 6) is -0.127. The smallest absolute Gasteiger partial charge is 0.306 e. The van der Waals surface area contributed by atoms with Crippen molar-refractivity contribution < 1.29 is 14.3 Å². The SMILES string of the molecule is C=C1CO[C@H]2CCC(=O)O[C@@H]12.CC.CCC. The van der Waals surface area contributed by atoms with E-state index in [0.717, 1.165) is 12.0 Å². The van der Waals surface area contributed by atoms with Crippen molar-refractivity contribution in [2.45, 2.75) is 59.2 Å². The molecule has 2 aliphatic heterocycles. The van der Waals surface area contributed by atoms with Gasteiger partial charge in [0.15, 0.2) is 6.10 Å². The van der Waals surface area contributed by atoms with Gasteiger partial charge in [-0.05, 0) is 12.0 Å². The second kappa shape index (κ2) is 8.34. The fraction of sp³-hybridized carbons (Fsp3) is 0.769. The van der Waals surface area contributed by atoms with Crippen molar-refractivity contribution in [3.8, 4) is 0 Å². The Bertz CT molecular complexity index is 223. The molecule has 0 N–H and O–H groups in total. The van der Waals surface area contributed by atoms with Gasteiger partial charge in [0.25, 0.3) is 0 Å². The van der Waals surface area contributed by atoms with Crippen LogP contribution in [0.2, 0.25) is 0 Å². The van der Waals surface area contributed by atoms with Crippen LogP contribution in [0.4, 0.5) is 0 Å². The van der Waals surface area contributed by atoms with Gasteiger partial charge in [0, 0.05) is 6.42 Å². The summed E-state index contributed by atoms with van der Waals surface area (Å²) in [4.78, 5) is 10.8. The fourth-order valence-electron chi connectivity index (χ4n) is 1.50. The topological polar surface area (TPSA) is 35.5 Å². The van der Waals surface area contributed by atoms with E-state index in [9.17, 15) is 4.79 Å². The molecule has 0 aromatic carbocycles. The molecule has 3 heteroatoms. The van der Waals surface area contributed by atoms with Gasteiger partial charge in [-0.15, -0.1) is 0 Å². The summed E-state index contributed by atoms with van der Waals surface area (Å²) in [5, 5.41) is 0. The van der Waals surface area contributed by atoms with Crippen LogP contribution < -0.4 is 0 Å². The molecule has 0 unspecified atom stereocenters. The van der Waals surface area contributed by atoms with E-state index >= 15 is 0 Å². The summed E-state index contributed by atoms with van der Waals surface area (Å²) in [7, 11) is 0. The zero-order valence-electron chi connectivity index (χ0n) is 10.9. The molecular formula is C13H24O3. The molecule has 94 valence electrons. The van der Waals surface area contributed by atoms with E-state index in [2.05, 4.69) is 20.4 Å². The maximum atomic E-state index is 10.8. The molecule has 2 aliphatic rings. The number of fused-ring (bicyclic) bond motifs is 1. The maximum Gasteiger partial charge on any atom is 0.306 e. The van der Waals surface area contributed by atoms with Gasteiger partial charge in [-0.3, -0.25) is 4.79 Å². The zero-order chi connectivity index (χ0) is 12.6. The average Bonchev–Trinajstić information content (AvgIpc) is 2.64. The van der Waals surface area contributed by atoms with Crippen LogP contribution in [0.1, 0.15) is 47.0 Å². The molecule has 2 rings (SSSR count). The van der Waals surface area contributed by atoms with Crippen LogP contribution in [-0.4, -0.2) is 24.8 Å². The molecule has 2 heterocycles. The van der Waals surface area contributed by atoms with Crippen molar-refractivity contribution in [2.24, 2.45) is 0 Å².